The van der Waals surface area contributed by atoms with Crippen molar-refractivity contribution in [2.45, 2.75) is 18.8 Å². The lowest BCUT2D eigenvalue weighted by Crippen LogP contribution is -1.99. The van der Waals surface area contributed by atoms with E-state index < -0.39 is 0 Å². The third kappa shape index (κ3) is 1.69. The molecule has 0 radical (unpaired) electrons. The van der Waals surface area contributed by atoms with Crippen molar-refractivity contribution in [3.05, 3.63) is 66.6 Å². The topological polar surface area (TPSA) is 30.7 Å². The second-order valence-electron chi connectivity index (χ2n) is 5.97. The minimum absolute atomic E-state index is 0.633. The van der Waals surface area contributed by atoms with E-state index in [0.717, 1.165) is 11.1 Å². The first kappa shape index (κ1) is 11.9. The van der Waals surface area contributed by atoms with Crippen LogP contribution >= 0.6 is 0 Å². The molecule has 0 amide bonds. The van der Waals surface area contributed by atoms with Crippen LogP contribution in [0.5, 0.6) is 0 Å². The van der Waals surface area contributed by atoms with E-state index in [1.807, 2.05) is 18.5 Å². The van der Waals surface area contributed by atoms with Gasteiger partial charge >= 0.3 is 0 Å². The summed E-state index contributed by atoms with van der Waals surface area (Å²) in [5.74, 6) is 0.633. The van der Waals surface area contributed by atoms with Gasteiger partial charge in [-0.2, -0.15) is 5.10 Å². The monoisotopic (exact) mass is 285 g/mol. The quantitative estimate of drug-likeness (QED) is 0.544. The Hall–Kier alpha value is -2.68. The molecule has 0 spiro atoms. The Morgan fingerprint density at radius 3 is 2.50 bits per heavy atom. The first-order chi connectivity index (χ1) is 10.9. The largest absolute Gasteiger partial charge is 0.262 e. The summed E-state index contributed by atoms with van der Waals surface area (Å²) in [5.41, 5.74) is 3.47. The number of hydrogen-bond acceptors (Lipinski definition) is 2. The third-order valence-electron chi connectivity index (χ3n) is 4.46. The molecule has 5 rings (SSSR count). The van der Waals surface area contributed by atoms with Gasteiger partial charge in [0, 0.05) is 28.3 Å². The molecule has 22 heavy (non-hydrogen) atoms. The van der Waals surface area contributed by atoms with Gasteiger partial charge in [-0.1, -0.05) is 42.5 Å². The molecule has 3 heteroatoms. The molecule has 0 saturated heterocycles. The summed E-state index contributed by atoms with van der Waals surface area (Å²) in [7, 11) is 0. The first-order valence-electron chi connectivity index (χ1n) is 7.72. The highest BCUT2D eigenvalue weighted by Crippen LogP contribution is 2.43. The number of fused-ring (bicyclic) bond motifs is 2. The van der Waals surface area contributed by atoms with Gasteiger partial charge in [0.25, 0.3) is 0 Å². The number of pyridine rings is 1. The lowest BCUT2D eigenvalue weighted by molar-refractivity contribution is 0.859. The molecule has 3 nitrogen and oxygen atoms in total. The smallest absolute Gasteiger partial charge is 0.0914 e. The molecule has 1 aliphatic rings. The average Bonchev–Trinajstić information content (AvgIpc) is 3.35. The van der Waals surface area contributed by atoms with Gasteiger partial charge < -0.3 is 0 Å². The van der Waals surface area contributed by atoms with E-state index >= 15 is 0 Å². The van der Waals surface area contributed by atoms with Crippen LogP contribution < -0.4 is 0 Å². The van der Waals surface area contributed by atoms with E-state index in [2.05, 4.69) is 52.1 Å². The van der Waals surface area contributed by atoms with Gasteiger partial charge in [0.1, 0.15) is 0 Å². The fourth-order valence-electron chi connectivity index (χ4n) is 3.20. The minimum Gasteiger partial charge on any atom is -0.262 e. The zero-order chi connectivity index (χ0) is 14.5. The van der Waals surface area contributed by atoms with Gasteiger partial charge in [-0.05, 0) is 18.9 Å². The zero-order valence-corrected chi connectivity index (χ0v) is 12.1. The fraction of sp³-hybridized carbons (Fsp3) is 0.158. The van der Waals surface area contributed by atoms with E-state index in [-0.39, 0.29) is 0 Å². The standard InChI is InChI=1S/C19H15N3/c1-2-6-15-14(5-1)11-20-12-18(15)22-17-8-4-3-7-16(17)19(21-22)13-9-10-13/h1-8,11-13H,9-10H2. The van der Waals surface area contributed by atoms with Crippen LogP contribution in [-0.2, 0) is 0 Å². The van der Waals surface area contributed by atoms with Crippen molar-refractivity contribution in [3.8, 4) is 5.69 Å². The summed E-state index contributed by atoms with van der Waals surface area (Å²) in [4.78, 5) is 4.40. The molecule has 0 unspecified atom stereocenters. The molecule has 4 aromatic rings. The molecule has 0 aliphatic heterocycles. The molecule has 106 valence electrons. The van der Waals surface area contributed by atoms with Crippen molar-refractivity contribution in [1.82, 2.24) is 14.8 Å². The van der Waals surface area contributed by atoms with Crippen molar-refractivity contribution in [3.63, 3.8) is 0 Å². The Bertz CT molecular complexity index is 991. The summed E-state index contributed by atoms with van der Waals surface area (Å²) in [6, 6.07) is 16.9. The molecule has 1 aliphatic carbocycles. The van der Waals surface area contributed by atoms with E-state index in [4.69, 9.17) is 5.10 Å². The minimum atomic E-state index is 0.633. The van der Waals surface area contributed by atoms with Gasteiger partial charge in [0.2, 0.25) is 0 Å². The van der Waals surface area contributed by atoms with Gasteiger partial charge in [-0.3, -0.25) is 4.98 Å². The SMILES string of the molecule is c1ccc2c(-n3nc(C4CC4)c4ccccc43)cncc2c1. The number of aromatic nitrogens is 3. The number of nitrogens with zero attached hydrogens (tertiary/aromatic N) is 3. The van der Waals surface area contributed by atoms with Crippen LogP contribution in [0.2, 0.25) is 0 Å². The zero-order valence-electron chi connectivity index (χ0n) is 12.1. The lowest BCUT2D eigenvalue weighted by Gasteiger charge is -2.07. The van der Waals surface area contributed by atoms with Crippen LogP contribution in [0, 0.1) is 0 Å². The number of benzene rings is 2. The van der Waals surface area contributed by atoms with Gasteiger partial charge in [-0.15, -0.1) is 0 Å². The predicted octanol–water partition coefficient (Wildman–Crippen LogP) is 4.45. The van der Waals surface area contributed by atoms with Crippen LogP contribution in [-0.4, -0.2) is 14.8 Å². The third-order valence-corrected chi connectivity index (χ3v) is 4.46. The molecule has 2 heterocycles. The summed E-state index contributed by atoms with van der Waals surface area (Å²) >= 11 is 0. The van der Waals surface area contributed by atoms with Crippen LogP contribution in [0.3, 0.4) is 0 Å². The fourth-order valence-corrected chi connectivity index (χ4v) is 3.20. The Labute approximate surface area is 128 Å². The maximum atomic E-state index is 4.95. The van der Waals surface area contributed by atoms with E-state index in [9.17, 15) is 0 Å². The molecule has 0 atom stereocenters. The highest BCUT2D eigenvalue weighted by atomic mass is 15.3. The van der Waals surface area contributed by atoms with Crippen LogP contribution in [0.25, 0.3) is 27.4 Å². The molecule has 0 bridgehead atoms. The number of hydrogen-bond donors (Lipinski definition) is 0. The molecule has 0 N–H and O–H groups in total. The lowest BCUT2D eigenvalue weighted by atomic mass is 10.1. The summed E-state index contributed by atoms with van der Waals surface area (Å²) in [6.45, 7) is 0. The molecule has 2 aromatic carbocycles. The summed E-state index contributed by atoms with van der Waals surface area (Å²) < 4.78 is 2.07. The predicted molar refractivity (Wildman–Crippen MR) is 88.3 cm³/mol. The highest BCUT2D eigenvalue weighted by molar-refractivity contribution is 5.92. The molecule has 1 saturated carbocycles. The van der Waals surface area contributed by atoms with E-state index in [0.29, 0.717) is 5.92 Å². The summed E-state index contributed by atoms with van der Waals surface area (Å²) in [6.07, 6.45) is 6.34. The Balaban J connectivity index is 1.86. The molecular formula is C19H15N3. The van der Waals surface area contributed by atoms with E-state index in [1.165, 1.54) is 34.8 Å². The second-order valence-corrected chi connectivity index (χ2v) is 5.97. The normalized spacial score (nSPS) is 14.7. The van der Waals surface area contributed by atoms with Crippen LogP contribution in [0.1, 0.15) is 24.5 Å². The van der Waals surface area contributed by atoms with Gasteiger partial charge in [0.05, 0.1) is 23.1 Å². The first-order valence-corrected chi connectivity index (χ1v) is 7.72. The average molecular weight is 285 g/mol. The Morgan fingerprint density at radius 2 is 1.64 bits per heavy atom. The molecule has 1 fully saturated rings. The van der Waals surface area contributed by atoms with Crippen molar-refractivity contribution >= 4 is 21.7 Å². The van der Waals surface area contributed by atoms with Crippen molar-refractivity contribution < 1.29 is 0 Å². The van der Waals surface area contributed by atoms with Crippen LogP contribution in [0.4, 0.5) is 0 Å². The van der Waals surface area contributed by atoms with Gasteiger partial charge in [0.15, 0.2) is 0 Å². The number of rotatable bonds is 2. The second kappa shape index (κ2) is 4.41. The maximum Gasteiger partial charge on any atom is 0.0914 e. The molecule has 2 aromatic heterocycles. The van der Waals surface area contributed by atoms with E-state index in [1.54, 1.807) is 0 Å². The van der Waals surface area contributed by atoms with Gasteiger partial charge in [-0.25, -0.2) is 4.68 Å². The van der Waals surface area contributed by atoms with Crippen molar-refractivity contribution in [2.24, 2.45) is 0 Å². The molecular weight excluding hydrogens is 270 g/mol. The number of para-hydroxylation sites is 1. The maximum absolute atomic E-state index is 4.95. The Morgan fingerprint density at radius 1 is 0.864 bits per heavy atom. The Kier molecular flexibility index (Phi) is 2.39. The highest BCUT2D eigenvalue weighted by Gasteiger charge is 2.29. The van der Waals surface area contributed by atoms with Crippen molar-refractivity contribution in [2.75, 3.05) is 0 Å². The summed E-state index contributed by atoms with van der Waals surface area (Å²) in [5, 5.41) is 8.56. The van der Waals surface area contributed by atoms with Crippen LogP contribution in [0.15, 0.2) is 60.9 Å². The van der Waals surface area contributed by atoms with Crippen molar-refractivity contribution in [1.29, 1.82) is 0 Å².